The fourth-order valence-electron chi connectivity index (χ4n) is 4.40. The normalized spacial score (nSPS) is 22.4. The van der Waals surface area contributed by atoms with Gasteiger partial charge in [-0.2, -0.15) is 0 Å². The van der Waals surface area contributed by atoms with Crippen molar-refractivity contribution < 1.29 is 13.5 Å². The second-order valence-electron chi connectivity index (χ2n) is 7.46. The molecule has 0 aromatic heterocycles. The Morgan fingerprint density at radius 1 is 1.00 bits per heavy atom. The molecule has 1 atom stereocenters. The quantitative estimate of drug-likeness (QED) is 0.759. The first-order chi connectivity index (χ1) is 13.5. The zero-order chi connectivity index (χ0) is 19.7. The van der Waals surface area contributed by atoms with Gasteiger partial charge in [0.1, 0.15) is 11.6 Å². The van der Waals surface area contributed by atoms with Gasteiger partial charge in [0, 0.05) is 32.2 Å². The fraction of sp³-hybridized carbons (Fsp3) is 0.429. The van der Waals surface area contributed by atoms with Gasteiger partial charge in [-0.15, -0.1) is 0 Å². The maximum atomic E-state index is 13.5. The second-order valence-corrected chi connectivity index (χ2v) is 8.28. The van der Waals surface area contributed by atoms with E-state index in [0.29, 0.717) is 22.2 Å². The molecule has 2 aromatic rings. The van der Waals surface area contributed by atoms with Gasteiger partial charge < -0.3 is 10.1 Å². The molecular formula is C21H22Cl2F2N2O. The molecule has 7 heteroatoms. The number of halogens is 4. The van der Waals surface area contributed by atoms with Crippen LogP contribution in [-0.2, 0) is 23.3 Å². The van der Waals surface area contributed by atoms with Gasteiger partial charge in [-0.25, -0.2) is 8.78 Å². The molecule has 0 unspecified atom stereocenters. The monoisotopic (exact) mass is 426 g/mol. The predicted molar refractivity (Wildman–Crippen MR) is 107 cm³/mol. The van der Waals surface area contributed by atoms with Gasteiger partial charge in [0.2, 0.25) is 0 Å². The van der Waals surface area contributed by atoms with Crippen LogP contribution in [0.15, 0.2) is 30.3 Å². The summed E-state index contributed by atoms with van der Waals surface area (Å²) >= 11 is 12.6. The third-order valence-electron chi connectivity index (χ3n) is 5.71. The molecule has 1 aliphatic heterocycles. The summed E-state index contributed by atoms with van der Waals surface area (Å²) in [6, 6.07) is 7.38. The Hall–Kier alpha value is -1.24. The molecule has 2 aliphatic rings. The van der Waals surface area contributed by atoms with Gasteiger partial charge in [-0.3, -0.25) is 4.90 Å². The Morgan fingerprint density at radius 3 is 2.39 bits per heavy atom. The van der Waals surface area contributed by atoms with Crippen LogP contribution in [-0.4, -0.2) is 37.7 Å². The first kappa shape index (κ1) is 20.0. The van der Waals surface area contributed by atoms with Crippen molar-refractivity contribution in [2.45, 2.75) is 25.0 Å². The molecule has 0 saturated carbocycles. The van der Waals surface area contributed by atoms with E-state index < -0.39 is 11.6 Å². The van der Waals surface area contributed by atoms with Crippen molar-refractivity contribution in [3.8, 4) is 0 Å². The summed E-state index contributed by atoms with van der Waals surface area (Å²) in [6.07, 6.45) is 1.80. The fourth-order valence-corrected chi connectivity index (χ4v) is 4.75. The third-order valence-corrected chi connectivity index (χ3v) is 6.43. The summed E-state index contributed by atoms with van der Waals surface area (Å²) < 4.78 is 33.0. The molecule has 28 heavy (non-hydrogen) atoms. The van der Waals surface area contributed by atoms with Crippen molar-refractivity contribution in [3.05, 3.63) is 68.7 Å². The molecule has 1 fully saturated rings. The molecular weight excluding hydrogens is 405 g/mol. The van der Waals surface area contributed by atoms with Crippen molar-refractivity contribution in [1.82, 2.24) is 10.2 Å². The van der Waals surface area contributed by atoms with E-state index in [4.69, 9.17) is 27.9 Å². The number of hydrogen-bond acceptors (Lipinski definition) is 3. The molecule has 2 aromatic carbocycles. The Kier molecular flexibility index (Phi) is 5.91. The zero-order valence-corrected chi connectivity index (χ0v) is 16.9. The van der Waals surface area contributed by atoms with Gasteiger partial charge in [0.05, 0.1) is 28.8 Å². The highest BCUT2D eigenvalue weighted by Gasteiger charge is 2.44. The highest BCUT2D eigenvalue weighted by atomic mass is 35.5. The standard InChI is InChI=1S/C21H22Cl2F2N2O/c22-19-9-15-1-2-21(18(15)11-20(19)23,27-5-3-26-4-6-27)13-28-12-14-7-16(24)10-17(25)8-14/h7-11,26H,1-6,12-13H2/t21-/m1/s1. The maximum absolute atomic E-state index is 13.5. The van der Waals surface area contributed by atoms with E-state index in [9.17, 15) is 8.78 Å². The van der Waals surface area contributed by atoms with E-state index in [0.717, 1.165) is 50.7 Å². The first-order valence-corrected chi connectivity index (χ1v) is 10.2. The van der Waals surface area contributed by atoms with E-state index in [2.05, 4.69) is 10.2 Å². The topological polar surface area (TPSA) is 24.5 Å². The number of nitrogens with zero attached hydrogens (tertiary/aromatic N) is 1. The molecule has 1 aliphatic carbocycles. The average molecular weight is 427 g/mol. The van der Waals surface area contributed by atoms with Crippen molar-refractivity contribution in [2.24, 2.45) is 0 Å². The molecule has 0 spiro atoms. The lowest BCUT2D eigenvalue weighted by atomic mass is 9.89. The summed E-state index contributed by atoms with van der Waals surface area (Å²) in [4.78, 5) is 2.44. The molecule has 1 heterocycles. The number of ether oxygens (including phenoxy) is 1. The number of hydrogen-bond donors (Lipinski definition) is 1. The maximum Gasteiger partial charge on any atom is 0.126 e. The minimum Gasteiger partial charge on any atom is -0.374 e. The molecule has 0 amide bonds. The van der Waals surface area contributed by atoms with E-state index in [1.807, 2.05) is 12.1 Å². The molecule has 3 nitrogen and oxygen atoms in total. The van der Waals surface area contributed by atoms with Crippen LogP contribution >= 0.6 is 23.2 Å². The second kappa shape index (κ2) is 8.25. The molecule has 0 radical (unpaired) electrons. The highest BCUT2D eigenvalue weighted by Crippen LogP contribution is 2.45. The molecule has 1 N–H and O–H groups in total. The number of piperazine rings is 1. The minimum absolute atomic E-state index is 0.152. The number of rotatable bonds is 5. The van der Waals surface area contributed by atoms with Crippen LogP contribution in [0.25, 0.3) is 0 Å². The van der Waals surface area contributed by atoms with Gasteiger partial charge in [-0.05, 0) is 53.8 Å². The molecule has 4 rings (SSSR count). The van der Waals surface area contributed by atoms with Crippen LogP contribution in [0.3, 0.4) is 0 Å². The van der Waals surface area contributed by atoms with Crippen LogP contribution in [0.1, 0.15) is 23.1 Å². The Balaban J connectivity index is 1.60. The van der Waals surface area contributed by atoms with E-state index >= 15 is 0 Å². The highest BCUT2D eigenvalue weighted by molar-refractivity contribution is 6.42. The Bertz CT molecular complexity index is 853. The van der Waals surface area contributed by atoms with E-state index in [1.165, 1.54) is 17.7 Å². The molecule has 150 valence electrons. The van der Waals surface area contributed by atoms with Crippen molar-refractivity contribution in [1.29, 1.82) is 0 Å². The van der Waals surface area contributed by atoms with Crippen LogP contribution in [0.2, 0.25) is 10.0 Å². The summed E-state index contributed by atoms with van der Waals surface area (Å²) in [5, 5.41) is 4.48. The first-order valence-electron chi connectivity index (χ1n) is 9.45. The SMILES string of the molecule is Fc1cc(F)cc(COC[C@]2(N3CCNCC3)CCc3cc(Cl)c(Cl)cc32)c1. The lowest BCUT2D eigenvalue weighted by Gasteiger charge is -2.44. The number of nitrogens with one attached hydrogen (secondary N) is 1. The van der Waals surface area contributed by atoms with E-state index in [1.54, 1.807) is 0 Å². The Morgan fingerprint density at radius 2 is 1.68 bits per heavy atom. The number of aryl methyl sites for hydroxylation is 1. The van der Waals surface area contributed by atoms with Crippen LogP contribution in [0.4, 0.5) is 8.78 Å². The van der Waals surface area contributed by atoms with Crippen LogP contribution in [0, 0.1) is 11.6 Å². The lowest BCUT2D eigenvalue weighted by Crippen LogP contribution is -2.55. The minimum atomic E-state index is -0.594. The number of fused-ring (bicyclic) bond motifs is 1. The van der Waals surface area contributed by atoms with Gasteiger partial charge in [0.25, 0.3) is 0 Å². The Labute approximate surface area is 173 Å². The largest absolute Gasteiger partial charge is 0.374 e. The van der Waals surface area contributed by atoms with Crippen molar-refractivity contribution >= 4 is 23.2 Å². The summed E-state index contributed by atoms with van der Waals surface area (Å²) in [5.41, 5.74) is 2.51. The van der Waals surface area contributed by atoms with Gasteiger partial charge >= 0.3 is 0 Å². The lowest BCUT2D eigenvalue weighted by molar-refractivity contribution is -0.0241. The molecule has 1 saturated heterocycles. The van der Waals surface area contributed by atoms with Crippen molar-refractivity contribution in [2.75, 3.05) is 32.8 Å². The van der Waals surface area contributed by atoms with E-state index in [-0.39, 0.29) is 12.1 Å². The van der Waals surface area contributed by atoms with Gasteiger partial charge in [-0.1, -0.05) is 23.2 Å². The van der Waals surface area contributed by atoms with Crippen LogP contribution < -0.4 is 5.32 Å². The smallest absolute Gasteiger partial charge is 0.126 e. The summed E-state index contributed by atoms with van der Waals surface area (Å²) in [6.45, 7) is 4.20. The average Bonchev–Trinajstić information content (AvgIpc) is 3.01. The third kappa shape index (κ3) is 3.91. The zero-order valence-electron chi connectivity index (χ0n) is 15.4. The summed E-state index contributed by atoms with van der Waals surface area (Å²) in [7, 11) is 0. The van der Waals surface area contributed by atoms with Crippen LogP contribution in [0.5, 0.6) is 0 Å². The van der Waals surface area contributed by atoms with Crippen molar-refractivity contribution in [3.63, 3.8) is 0 Å². The molecule has 0 bridgehead atoms. The number of benzene rings is 2. The predicted octanol–water partition coefficient (Wildman–Crippen LogP) is 4.54. The summed E-state index contributed by atoms with van der Waals surface area (Å²) in [5.74, 6) is -1.19. The van der Waals surface area contributed by atoms with Gasteiger partial charge in [0.15, 0.2) is 0 Å².